The SMILES string of the molecule is CN(CC(=O)N[C@@H]1CC=C(CNC(=O)OCc2ccc([N+](=O)[O-])cc2)OC1[C@H]1[C@H](O)[C@@H](O[C@H]2OC[C@](C)(O)[C@H](N(C)C(=O)OC(C)(C)C)[C@H]2O)[C@H](NC(=O)[C@@H](O)CCNC(=O)OC(C)(C)C)C[C@@H]1NC(=O)OC(C)(C)C)C(=O)OC(C)(C)C. The summed E-state index contributed by atoms with van der Waals surface area (Å²) in [5.74, 6) is -3.17. The second kappa shape index (κ2) is 28.2. The van der Waals surface area contributed by atoms with Gasteiger partial charge in [0.25, 0.3) is 5.69 Å². The van der Waals surface area contributed by atoms with Crippen molar-refractivity contribution in [2.75, 3.05) is 40.3 Å². The van der Waals surface area contributed by atoms with Crippen molar-refractivity contribution in [2.45, 2.75) is 205 Å². The van der Waals surface area contributed by atoms with E-state index in [1.807, 2.05) is 0 Å². The number of nitrogens with zero attached hydrogens (tertiary/aromatic N) is 3. The number of hydrogen-bond acceptors (Lipinski definition) is 21. The predicted octanol–water partition coefficient (Wildman–Crippen LogP) is 2.97. The van der Waals surface area contributed by atoms with Crippen molar-refractivity contribution in [3.8, 4) is 0 Å². The molecule has 7 amide bonds. The van der Waals surface area contributed by atoms with Crippen molar-refractivity contribution in [1.82, 2.24) is 36.4 Å². The van der Waals surface area contributed by atoms with Gasteiger partial charge in [0.05, 0.1) is 42.3 Å². The molecule has 2 aliphatic heterocycles. The lowest BCUT2D eigenvalue weighted by molar-refractivity contribution is -0.384. The Labute approximate surface area is 482 Å². The first-order chi connectivity index (χ1) is 38.1. The van der Waals surface area contributed by atoms with Crippen LogP contribution < -0.4 is 26.6 Å². The van der Waals surface area contributed by atoms with Crippen LogP contribution in [0.25, 0.3) is 0 Å². The molecule has 0 bridgehead atoms. The number of non-ortho nitro benzene ring substituents is 1. The fraction of sp³-hybridized carbons (Fsp3) is 0.722. The average Bonchev–Trinajstić information content (AvgIpc) is 3.07. The second-order valence-electron chi connectivity index (χ2n) is 24.9. The first-order valence-corrected chi connectivity index (χ1v) is 27.1. The normalized spacial score (nSPS) is 26.0. The number of rotatable bonds is 18. The largest absolute Gasteiger partial charge is 0.491 e. The van der Waals surface area contributed by atoms with Crippen LogP contribution in [0.2, 0.25) is 0 Å². The van der Waals surface area contributed by atoms with Crippen LogP contribution in [0.15, 0.2) is 36.1 Å². The van der Waals surface area contributed by atoms with E-state index in [9.17, 15) is 64.1 Å². The summed E-state index contributed by atoms with van der Waals surface area (Å²) in [5, 5.41) is 72.4. The summed E-state index contributed by atoms with van der Waals surface area (Å²) in [6, 6.07) is -0.0969. The smallest absolute Gasteiger partial charge is 0.410 e. The van der Waals surface area contributed by atoms with Crippen LogP contribution in [0, 0.1) is 16.0 Å². The van der Waals surface area contributed by atoms with Gasteiger partial charge >= 0.3 is 30.5 Å². The van der Waals surface area contributed by atoms with Crippen molar-refractivity contribution < 1.29 is 96.8 Å². The summed E-state index contributed by atoms with van der Waals surface area (Å²) in [6.07, 6.45) is -14.5. The monoisotopic (exact) mass is 1180 g/mol. The highest BCUT2D eigenvalue weighted by Crippen LogP contribution is 2.39. The number of amides is 7. The van der Waals surface area contributed by atoms with Gasteiger partial charge in [-0.2, -0.15) is 0 Å². The van der Waals surface area contributed by atoms with E-state index in [-0.39, 0.29) is 44.0 Å². The molecule has 0 spiro atoms. The lowest BCUT2D eigenvalue weighted by Crippen LogP contribution is -2.71. The number of nitrogens with one attached hydrogen (secondary N) is 5. The molecule has 1 aliphatic carbocycles. The molecule has 1 unspecified atom stereocenters. The van der Waals surface area contributed by atoms with Crippen molar-refractivity contribution >= 4 is 48.0 Å². The quantitative estimate of drug-likeness (QED) is 0.0579. The average molecular weight is 1180 g/mol. The van der Waals surface area contributed by atoms with Crippen molar-refractivity contribution in [1.29, 1.82) is 0 Å². The number of aliphatic hydroxyl groups is 4. The minimum absolute atomic E-state index is 0.0548. The number of aliphatic hydroxyl groups excluding tert-OH is 3. The Kier molecular flexibility index (Phi) is 23.3. The van der Waals surface area contributed by atoms with E-state index in [0.717, 1.165) is 9.80 Å². The van der Waals surface area contributed by atoms with E-state index in [4.69, 9.17) is 37.9 Å². The standard InChI is InChI=1S/C54H86N8O21/c1-50(2,3)80-46(69)55-23-22-35(63)43(67)58-34-24-33(59-47(70)81-51(4,5)6)37(38(65)41(34)79-44-39(66)42(54(13,73)28-77-44)61(15)49(72)83-53(10,11)12)40-32(57-36(64)26-60(14)48(71)82-52(7,8)9)21-20-31(78-40)25-56-45(68)76-27-29-16-18-30(19-17-29)62(74)75/h16-20,32-35,37-42,44,63,65-66,73H,21-28H2,1-15H3,(H,55,69)(H,56,68)(H,57,64)(H,58,67)(H,59,70)/t32-,33+,34-,35+,37-,38+,39-,40?,41+,42-,44-,54+/m1/s1. The lowest BCUT2D eigenvalue weighted by atomic mass is 9.72. The first kappa shape index (κ1) is 68.7. The molecule has 29 heteroatoms. The summed E-state index contributed by atoms with van der Waals surface area (Å²) in [7, 11) is 2.61. The fourth-order valence-corrected chi connectivity index (χ4v) is 9.21. The Bertz CT molecular complexity index is 2470. The Morgan fingerprint density at radius 1 is 0.771 bits per heavy atom. The molecule has 2 heterocycles. The zero-order chi connectivity index (χ0) is 62.7. The molecule has 0 aromatic heterocycles. The van der Waals surface area contributed by atoms with E-state index in [0.29, 0.717) is 5.56 Å². The van der Waals surface area contributed by atoms with Gasteiger partial charge in [-0.1, -0.05) is 0 Å². The van der Waals surface area contributed by atoms with Gasteiger partial charge in [-0.05, 0) is 133 Å². The highest BCUT2D eigenvalue weighted by atomic mass is 16.7. The number of carbonyl (C=O) groups is 7. The number of benzene rings is 1. The molecule has 1 aromatic carbocycles. The third-order valence-electron chi connectivity index (χ3n) is 12.7. The Morgan fingerprint density at radius 2 is 1.35 bits per heavy atom. The van der Waals surface area contributed by atoms with Crippen LogP contribution in [-0.2, 0) is 54.1 Å². The Balaban J connectivity index is 1.81. The van der Waals surface area contributed by atoms with Crippen LogP contribution in [0.4, 0.5) is 29.7 Å². The maximum absolute atomic E-state index is 14.0. The van der Waals surface area contributed by atoms with E-state index in [1.165, 1.54) is 51.4 Å². The predicted molar refractivity (Wildman–Crippen MR) is 293 cm³/mol. The van der Waals surface area contributed by atoms with E-state index >= 15 is 0 Å². The van der Waals surface area contributed by atoms with Crippen molar-refractivity contribution in [3.05, 3.63) is 51.8 Å². The van der Waals surface area contributed by atoms with Crippen LogP contribution >= 0.6 is 0 Å². The van der Waals surface area contributed by atoms with Gasteiger partial charge in [0.15, 0.2) is 6.29 Å². The summed E-state index contributed by atoms with van der Waals surface area (Å²) in [6.45, 7) is 18.8. The van der Waals surface area contributed by atoms with Crippen molar-refractivity contribution in [3.63, 3.8) is 0 Å². The molecular formula is C54H86N8O21. The molecule has 83 heavy (non-hydrogen) atoms. The van der Waals surface area contributed by atoms with E-state index < -0.39 is 162 Å². The van der Waals surface area contributed by atoms with Gasteiger partial charge in [-0.3, -0.25) is 19.7 Å². The molecule has 9 N–H and O–H groups in total. The molecule has 2 fully saturated rings. The number of alkyl carbamates (subject to hydrolysis) is 3. The van der Waals surface area contributed by atoms with Gasteiger partial charge in [0, 0.05) is 44.7 Å². The van der Waals surface area contributed by atoms with Gasteiger partial charge in [0.2, 0.25) is 11.8 Å². The van der Waals surface area contributed by atoms with Gasteiger partial charge in [0.1, 0.15) is 71.3 Å². The summed E-state index contributed by atoms with van der Waals surface area (Å²) in [5.41, 5.74) is -5.55. The zero-order valence-corrected chi connectivity index (χ0v) is 50.0. The third kappa shape index (κ3) is 21.7. The van der Waals surface area contributed by atoms with Gasteiger partial charge in [-0.15, -0.1) is 0 Å². The molecule has 0 radical (unpaired) electrons. The Morgan fingerprint density at radius 3 is 1.93 bits per heavy atom. The number of hydrogen-bond donors (Lipinski definition) is 9. The number of nitro groups is 1. The molecule has 1 saturated carbocycles. The van der Waals surface area contributed by atoms with E-state index in [2.05, 4.69) is 26.6 Å². The number of likely N-dealkylation sites (N-methyl/N-ethyl adjacent to an activating group) is 2. The Hall–Kier alpha value is -6.79. The highest BCUT2D eigenvalue weighted by molar-refractivity contribution is 5.83. The molecule has 1 saturated heterocycles. The lowest BCUT2D eigenvalue weighted by Gasteiger charge is -2.52. The minimum Gasteiger partial charge on any atom is -0.491 e. The van der Waals surface area contributed by atoms with Gasteiger partial charge < -0.3 is 94.7 Å². The number of nitro benzene ring substituents is 1. The zero-order valence-electron chi connectivity index (χ0n) is 50.0. The summed E-state index contributed by atoms with van der Waals surface area (Å²) < 4.78 is 46.2. The van der Waals surface area contributed by atoms with Crippen LogP contribution in [-0.4, -0.2) is 207 Å². The fourth-order valence-electron chi connectivity index (χ4n) is 9.21. The minimum atomic E-state index is -1.96. The number of ether oxygens (including phenoxy) is 8. The number of carbonyl (C=O) groups excluding carboxylic acids is 7. The maximum atomic E-state index is 14.0. The maximum Gasteiger partial charge on any atom is 0.410 e. The summed E-state index contributed by atoms with van der Waals surface area (Å²) >= 11 is 0. The molecule has 1 aromatic rings. The molecule has 3 aliphatic rings. The molecule has 12 atom stereocenters. The summed E-state index contributed by atoms with van der Waals surface area (Å²) in [4.78, 5) is 106. The van der Waals surface area contributed by atoms with Gasteiger partial charge in [-0.25, -0.2) is 24.0 Å². The van der Waals surface area contributed by atoms with Crippen molar-refractivity contribution in [2.24, 2.45) is 5.92 Å². The molecule has 29 nitrogen and oxygen atoms in total. The van der Waals surface area contributed by atoms with Crippen LogP contribution in [0.3, 0.4) is 0 Å². The van der Waals surface area contributed by atoms with Crippen LogP contribution in [0.1, 0.15) is 115 Å². The molecular weight excluding hydrogens is 1100 g/mol. The molecule has 4 rings (SSSR count). The molecule has 468 valence electrons. The third-order valence-corrected chi connectivity index (χ3v) is 12.7. The highest BCUT2D eigenvalue weighted by Gasteiger charge is 2.57. The van der Waals surface area contributed by atoms with Crippen LogP contribution in [0.5, 0.6) is 0 Å². The second-order valence-corrected chi connectivity index (χ2v) is 24.9. The first-order valence-electron chi connectivity index (χ1n) is 27.1. The topological polar surface area (TPSA) is 384 Å². The van der Waals surface area contributed by atoms with E-state index in [1.54, 1.807) is 83.1 Å².